The summed E-state index contributed by atoms with van der Waals surface area (Å²) in [4.78, 5) is 15.9. The lowest BCUT2D eigenvalue weighted by Crippen LogP contribution is -2.37. The highest BCUT2D eigenvalue weighted by molar-refractivity contribution is 7.09. The van der Waals surface area contributed by atoms with Gasteiger partial charge in [-0.1, -0.05) is 12.1 Å². The Morgan fingerprint density at radius 2 is 2.19 bits per heavy atom. The van der Waals surface area contributed by atoms with Crippen LogP contribution in [0, 0.1) is 13.8 Å². The molecule has 1 fully saturated rings. The van der Waals surface area contributed by atoms with Crippen LogP contribution in [0.25, 0.3) is 0 Å². The fourth-order valence-electron chi connectivity index (χ4n) is 3.10. The van der Waals surface area contributed by atoms with Crippen molar-refractivity contribution in [3.05, 3.63) is 51.7 Å². The van der Waals surface area contributed by atoms with Gasteiger partial charge in [-0.15, -0.1) is 11.3 Å². The van der Waals surface area contributed by atoms with Gasteiger partial charge in [0, 0.05) is 18.0 Å². The lowest BCUT2D eigenvalue weighted by Gasteiger charge is -2.25. The maximum Gasteiger partial charge on any atom is 0.226 e. The molecule has 1 saturated heterocycles. The van der Waals surface area contributed by atoms with Crippen molar-refractivity contribution in [2.45, 2.75) is 45.8 Å². The first-order valence-corrected chi connectivity index (χ1v) is 10.1. The molecule has 1 unspecified atom stereocenters. The number of ether oxygens (including phenoxy) is 2. The minimum Gasteiger partial charge on any atom is -0.493 e. The molecule has 1 atom stereocenters. The zero-order chi connectivity index (χ0) is 18.4. The third kappa shape index (κ3) is 5.32. The molecule has 140 valence electrons. The summed E-state index contributed by atoms with van der Waals surface area (Å²) in [5.41, 5.74) is 2.44. The van der Waals surface area contributed by atoms with Gasteiger partial charge in [0.15, 0.2) is 0 Å². The van der Waals surface area contributed by atoms with Crippen molar-refractivity contribution in [1.82, 2.24) is 4.90 Å². The number of carbonyl (C=O) groups excluding carboxylic acids is 1. The lowest BCUT2D eigenvalue weighted by molar-refractivity contribution is -0.133. The Bertz CT molecular complexity index is 708. The molecule has 0 spiro atoms. The largest absolute Gasteiger partial charge is 0.493 e. The Morgan fingerprint density at radius 1 is 1.31 bits per heavy atom. The van der Waals surface area contributed by atoms with E-state index in [1.54, 1.807) is 11.3 Å². The highest BCUT2D eigenvalue weighted by atomic mass is 32.1. The van der Waals surface area contributed by atoms with Crippen LogP contribution >= 0.6 is 11.3 Å². The molecule has 0 bridgehead atoms. The van der Waals surface area contributed by atoms with E-state index in [9.17, 15) is 4.79 Å². The fraction of sp³-hybridized carbons (Fsp3) is 0.476. The lowest BCUT2D eigenvalue weighted by atomic mass is 10.1. The van der Waals surface area contributed by atoms with Crippen molar-refractivity contribution in [1.29, 1.82) is 0 Å². The Morgan fingerprint density at radius 3 is 2.88 bits per heavy atom. The van der Waals surface area contributed by atoms with E-state index in [2.05, 4.69) is 19.9 Å². The quantitative estimate of drug-likeness (QED) is 0.691. The topological polar surface area (TPSA) is 38.8 Å². The highest BCUT2D eigenvalue weighted by Gasteiger charge is 2.23. The smallest absolute Gasteiger partial charge is 0.226 e. The highest BCUT2D eigenvalue weighted by Crippen LogP contribution is 2.19. The average Bonchev–Trinajstić information content (AvgIpc) is 3.31. The SMILES string of the molecule is Cc1ccc(OCCC(=O)N(Cc2cccs2)CC2CCCO2)cc1C. The van der Waals surface area contributed by atoms with Crippen LogP contribution in [0.1, 0.15) is 35.3 Å². The first kappa shape index (κ1) is 18.9. The normalized spacial score (nSPS) is 16.6. The molecule has 1 aromatic heterocycles. The molecule has 0 saturated carbocycles. The van der Waals surface area contributed by atoms with Gasteiger partial charge < -0.3 is 14.4 Å². The second-order valence-electron chi connectivity index (χ2n) is 6.83. The zero-order valence-corrected chi connectivity index (χ0v) is 16.4. The number of amides is 1. The van der Waals surface area contributed by atoms with E-state index in [1.807, 2.05) is 34.5 Å². The number of carbonyl (C=O) groups is 1. The molecule has 2 aromatic rings. The Hall–Kier alpha value is -1.85. The van der Waals surface area contributed by atoms with Gasteiger partial charge in [0.25, 0.3) is 0 Å². The molecule has 2 heterocycles. The summed E-state index contributed by atoms with van der Waals surface area (Å²) in [7, 11) is 0. The minimum atomic E-state index is 0.123. The zero-order valence-electron chi connectivity index (χ0n) is 15.6. The molecule has 26 heavy (non-hydrogen) atoms. The van der Waals surface area contributed by atoms with E-state index in [0.717, 1.165) is 25.2 Å². The van der Waals surface area contributed by atoms with Crippen molar-refractivity contribution >= 4 is 17.2 Å². The minimum absolute atomic E-state index is 0.123. The summed E-state index contributed by atoms with van der Waals surface area (Å²) >= 11 is 1.68. The third-order valence-corrected chi connectivity index (χ3v) is 5.65. The summed E-state index contributed by atoms with van der Waals surface area (Å²) in [6.07, 6.45) is 2.67. The Kier molecular flexibility index (Phi) is 6.69. The van der Waals surface area contributed by atoms with Crippen molar-refractivity contribution in [2.24, 2.45) is 0 Å². The molecule has 5 heteroatoms. The Balaban J connectivity index is 1.54. The number of thiophene rings is 1. The Labute approximate surface area is 159 Å². The molecular formula is C21H27NO3S. The van der Waals surface area contributed by atoms with E-state index in [0.29, 0.717) is 26.1 Å². The van der Waals surface area contributed by atoms with Crippen LogP contribution in [0.2, 0.25) is 0 Å². The van der Waals surface area contributed by atoms with E-state index in [-0.39, 0.29) is 12.0 Å². The van der Waals surface area contributed by atoms with Crippen molar-refractivity contribution < 1.29 is 14.3 Å². The van der Waals surface area contributed by atoms with Crippen LogP contribution < -0.4 is 4.74 Å². The van der Waals surface area contributed by atoms with Crippen molar-refractivity contribution in [2.75, 3.05) is 19.8 Å². The van der Waals surface area contributed by atoms with Gasteiger partial charge in [-0.05, 0) is 61.4 Å². The third-order valence-electron chi connectivity index (χ3n) is 4.79. The van der Waals surface area contributed by atoms with Gasteiger partial charge in [-0.3, -0.25) is 4.79 Å². The summed E-state index contributed by atoms with van der Waals surface area (Å²) < 4.78 is 11.5. The maximum absolute atomic E-state index is 12.8. The van der Waals surface area contributed by atoms with Gasteiger partial charge in [-0.25, -0.2) is 0 Å². The summed E-state index contributed by atoms with van der Waals surface area (Å²) in [5.74, 6) is 0.947. The van der Waals surface area contributed by atoms with Gasteiger partial charge in [-0.2, -0.15) is 0 Å². The second kappa shape index (κ2) is 9.19. The number of aryl methyl sites for hydroxylation is 2. The standard InChI is InChI=1S/C21H27NO3S/c1-16-7-8-18(13-17(16)2)25-11-9-21(23)22(14-19-5-3-10-24-19)15-20-6-4-12-26-20/h4,6-8,12-13,19H,3,5,9-11,14-15H2,1-2H3. The van der Waals surface area contributed by atoms with Gasteiger partial charge in [0.05, 0.1) is 25.7 Å². The second-order valence-corrected chi connectivity index (χ2v) is 7.87. The van der Waals surface area contributed by atoms with E-state index >= 15 is 0 Å². The van der Waals surface area contributed by atoms with E-state index < -0.39 is 0 Å². The fourth-order valence-corrected chi connectivity index (χ4v) is 3.82. The molecule has 1 aromatic carbocycles. The summed E-state index contributed by atoms with van der Waals surface area (Å²) in [6.45, 7) is 6.67. The van der Waals surface area contributed by atoms with Crippen LogP contribution in [-0.4, -0.2) is 36.7 Å². The molecule has 1 aliphatic heterocycles. The molecular weight excluding hydrogens is 346 g/mol. The molecule has 0 radical (unpaired) electrons. The summed E-state index contributed by atoms with van der Waals surface area (Å²) in [5, 5.41) is 2.05. The summed E-state index contributed by atoms with van der Waals surface area (Å²) in [6, 6.07) is 10.1. The first-order valence-electron chi connectivity index (χ1n) is 9.23. The van der Waals surface area contributed by atoms with Crippen molar-refractivity contribution in [3.8, 4) is 5.75 Å². The van der Waals surface area contributed by atoms with Gasteiger partial charge in [0.1, 0.15) is 5.75 Å². The monoisotopic (exact) mass is 373 g/mol. The first-order chi connectivity index (χ1) is 12.6. The van der Waals surface area contributed by atoms with Gasteiger partial charge in [0.2, 0.25) is 5.91 Å². The molecule has 0 aliphatic carbocycles. The van der Waals surface area contributed by atoms with Crippen molar-refractivity contribution in [3.63, 3.8) is 0 Å². The maximum atomic E-state index is 12.8. The number of benzene rings is 1. The molecule has 3 rings (SSSR count). The van der Waals surface area contributed by atoms with Crippen LogP contribution in [-0.2, 0) is 16.1 Å². The van der Waals surface area contributed by atoms with E-state index in [4.69, 9.17) is 9.47 Å². The predicted molar refractivity (Wildman–Crippen MR) is 105 cm³/mol. The van der Waals surface area contributed by atoms with Crippen LogP contribution in [0.4, 0.5) is 0 Å². The molecule has 0 N–H and O–H groups in total. The van der Waals surface area contributed by atoms with E-state index in [1.165, 1.54) is 16.0 Å². The van der Waals surface area contributed by atoms with Crippen LogP contribution in [0.15, 0.2) is 35.7 Å². The number of hydrogen-bond donors (Lipinski definition) is 0. The number of rotatable bonds is 8. The van der Waals surface area contributed by atoms with Crippen LogP contribution in [0.3, 0.4) is 0 Å². The number of hydrogen-bond acceptors (Lipinski definition) is 4. The number of nitrogens with zero attached hydrogens (tertiary/aromatic N) is 1. The molecule has 4 nitrogen and oxygen atoms in total. The van der Waals surface area contributed by atoms with Crippen LogP contribution in [0.5, 0.6) is 5.75 Å². The van der Waals surface area contributed by atoms with Gasteiger partial charge >= 0.3 is 0 Å². The molecule has 1 amide bonds. The average molecular weight is 374 g/mol. The molecule has 1 aliphatic rings. The predicted octanol–water partition coefficient (Wildman–Crippen LogP) is 4.34.